The first-order valence-corrected chi connectivity index (χ1v) is 8.21. The molecule has 4 nitrogen and oxygen atoms in total. The third-order valence-electron chi connectivity index (χ3n) is 5.03. The molecule has 0 atom stereocenters. The third kappa shape index (κ3) is 2.22. The maximum atomic E-state index is 11.9. The molecular formula is C18H21NO3. The van der Waals surface area contributed by atoms with Gasteiger partial charge in [-0.3, -0.25) is 4.90 Å². The second-order valence-electron chi connectivity index (χ2n) is 6.32. The van der Waals surface area contributed by atoms with Crippen LogP contribution in [-0.4, -0.2) is 17.7 Å². The van der Waals surface area contributed by atoms with Crippen molar-refractivity contribution >= 4 is 11.0 Å². The van der Waals surface area contributed by atoms with Gasteiger partial charge >= 0.3 is 5.63 Å². The fourth-order valence-corrected chi connectivity index (χ4v) is 3.81. The molecule has 0 saturated heterocycles. The van der Waals surface area contributed by atoms with Gasteiger partial charge in [0.1, 0.15) is 18.1 Å². The van der Waals surface area contributed by atoms with E-state index < -0.39 is 0 Å². The minimum absolute atomic E-state index is 0.268. The molecule has 4 heteroatoms. The molecule has 0 unspecified atom stereocenters. The van der Waals surface area contributed by atoms with Gasteiger partial charge < -0.3 is 9.15 Å². The highest BCUT2D eigenvalue weighted by Gasteiger charge is 2.28. The van der Waals surface area contributed by atoms with Crippen LogP contribution in [0.15, 0.2) is 27.4 Å². The van der Waals surface area contributed by atoms with Crippen LogP contribution in [0.3, 0.4) is 0 Å². The normalized spacial score (nSPS) is 19.3. The molecule has 1 aromatic heterocycles. The molecular weight excluding hydrogens is 278 g/mol. The lowest BCUT2D eigenvalue weighted by molar-refractivity contribution is 0.0581. The summed E-state index contributed by atoms with van der Waals surface area (Å²) in [5, 5.41) is 1.04. The largest absolute Gasteiger partial charge is 0.478 e. The maximum absolute atomic E-state index is 11.9. The van der Waals surface area contributed by atoms with Crippen LogP contribution >= 0.6 is 0 Å². The van der Waals surface area contributed by atoms with E-state index in [-0.39, 0.29) is 5.63 Å². The zero-order valence-electron chi connectivity index (χ0n) is 12.9. The summed E-state index contributed by atoms with van der Waals surface area (Å²) in [6, 6.07) is 6.24. The van der Waals surface area contributed by atoms with Gasteiger partial charge in [-0.2, -0.15) is 0 Å². The second kappa shape index (κ2) is 5.43. The van der Waals surface area contributed by atoms with Crippen molar-refractivity contribution < 1.29 is 9.15 Å². The van der Waals surface area contributed by atoms with E-state index in [0.717, 1.165) is 35.2 Å². The first kappa shape index (κ1) is 13.8. The van der Waals surface area contributed by atoms with E-state index >= 15 is 0 Å². The Hall–Kier alpha value is -1.81. The molecule has 0 spiro atoms. The molecule has 1 aromatic carbocycles. The minimum atomic E-state index is -0.268. The Balaban J connectivity index is 1.81. The molecule has 1 fully saturated rings. The molecule has 4 rings (SSSR count). The van der Waals surface area contributed by atoms with E-state index in [2.05, 4.69) is 11.8 Å². The number of nitrogens with zero attached hydrogens (tertiary/aromatic N) is 1. The number of fused-ring (bicyclic) bond motifs is 3. The van der Waals surface area contributed by atoms with Crippen molar-refractivity contribution in [3.63, 3.8) is 0 Å². The van der Waals surface area contributed by atoms with E-state index in [1.165, 1.54) is 25.7 Å². The second-order valence-corrected chi connectivity index (χ2v) is 6.32. The van der Waals surface area contributed by atoms with E-state index in [9.17, 15) is 4.79 Å². The fourth-order valence-electron chi connectivity index (χ4n) is 3.81. The summed E-state index contributed by atoms with van der Waals surface area (Å²) >= 11 is 0. The van der Waals surface area contributed by atoms with Crippen molar-refractivity contribution in [3.05, 3.63) is 39.7 Å². The van der Waals surface area contributed by atoms with Gasteiger partial charge in [0.25, 0.3) is 0 Å². The van der Waals surface area contributed by atoms with E-state index in [1.54, 1.807) is 6.07 Å². The highest BCUT2D eigenvalue weighted by atomic mass is 16.5. The first-order valence-electron chi connectivity index (χ1n) is 8.21. The number of aryl methyl sites for hydroxylation is 1. The molecule has 1 aliphatic carbocycles. The Kier molecular flexibility index (Phi) is 3.41. The average molecular weight is 299 g/mol. The molecule has 1 aliphatic heterocycles. The van der Waals surface area contributed by atoms with Crippen molar-refractivity contribution in [1.29, 1.82) is 0 Å². The first-order chi connectivity index (χ1) is 10.8. The van der Waals surface area contributed by atoms with Gasteiger partial charge in [-0.05, 0) is 37.0 Å². The lowest BCUT2D eigenvalue weighted by Crippen LogP contribution is -2.39. The number of rotatable bonds is 2. The summed E-state index contributed by atoms with van der Waals surface area (Å²) in [5.74, 6) is 0.859. The van der Waals surface area contributed by atoms with Crippen LogP contribution in [0.1, 0.15) is 43.7 Å². The molecule has 2 aliphatic rings. The summed E-state index contributed by atoms with van der Waals surface area (Å²) in [5.41, 5.74) is 2.52. The van der Waals surface area contributed by atoms with Gasteiger partial charge in [0.15, 0.2) is 0 Å². The van der Waals surface area contributed by atoms with Crippen LogP contribution in [0, 0.1) is 0 Å². The predicted octanol–water partition coefficient (Wildman–Crippen LogP) is 3.45. The lowest BCUT2D eigenvalue weighted by Gasteiger charge is -2.33. The standard InChI is InChI=1S/C18H21NO3/c1-2-12-9-17(20)22-18-14(12)7-8-16-15(18)10-19(11-21-16)13-5-3-4-6-13/h7-9,13H,2-6,10-11H2,1H3. The highest BCUT2D eigenvalue weighted by Crippen LogP contribution is 2.35. The topological polar surface area (TPSA) is 42.7 Å². The molecule has 0 bridgehead atoms. The maximum Gasteiger partial charge on any atom is 0.336 e. The molecule has 22 heavy (non-hydrogen) atoms. The van der Waals surface area contributed by atoms with Crippen molar-refractivity contribution in [3.8, 4) is 5.75 Å². The Labute approximate surface area is 129 Å². The Morgan fingerprint density at radius 1 is 1.27 bits per heavy atom. The number of ether oxygens (including phenoxy) is 1. The van der Waals surface area contributed by atoms with Crippen LogP contribution in [-0.2, 0) is 13.0 Å². The number of benzene rings is 1. The smallest absolute Gasteiger partial charge is 0.336 e. The monoisotopic (exact) mass is 299 g/mol. The molecule has 2 heterocycles. The zero-order chi connectivity index (χ0) is 15.1. The molecule has 2 aromatic rings. The van der Waals surface area contributed by atoms with Gasteiger partial charge in [0, 0.05) is 24.0 Å². The molecule has 0 radical (unpaired) electrons. The zero-order valence-corrected chi connectivity index (χ0v) is 12.9. The molecule has 0 amide bonds. The quantitative estimate of drug-likeness (QED) is 0.797. The van der Waals surface area contributed by atoms with Crippen molar-refractivity contribution in [1.82, 2.24) is 4.90 Å². The van der Waals surface area contributed by atoms with Gasteiger partial charge in [-0.25, -0.2) is 4.79 Å². The number of hydrogen-bond donors (Lipinski definition) is 0. The van der Waals surface area contributed by atoms with E-state index in [4.69, 9.17) is 9.15 Å². The SMILES string of the molecule is CCc1cc(=O)oc2c3c(ccc12)OCN(C1CCCC1)C3. The van der Waals surface area contributed by atoms with Gasteiger partial charge in [0.2, 0.25) is 0 Å². The third-order valence-corrected chi connectivity index (χ3v) is 5.03. The van der Waals surface area contributed by atoms with Gasteiger partial charge in [-0.1, -0.05) is 19.8 Å². The summed E-state index contributed by atoms with van der Waals surface area (Å²) < 4.78 is 11.5. The predicted molar refractivity (Wildman–Crippen MR) is 85.2 cm³/mol. The Morgan fingerprint density at radius 2 is 2.09 bits per heavy atom. The van der Waals surface area contributed by atoms with Crippen LogP contribution in [0.4, 0.5) is 0 Å². The molecule has 0 N–H and O–H groups in total. The lowest BCUT2D eigenvalue weighted by atomic mass is 10.0. The molecule has 116 valence electrons. The van der Waals surface area contributed by atoms with Crippen molar-refractivity contribution in [2.24, 2.45) is 0 Å². The van der Waals surface area contributed by atoms with Crippen LogP contribution in [0.25, 0.3) is 11.0 Å². The fraction of sp³-hybridized carbons (Fsp3) is 0.500. The summed E-state index contributed by atoms with van der Waals surface area (Å²) in [6.07, 6.45) is 5.92. The minimum Gasteiger partial charge on any atom is -0.478 e. The summed E-state index contributed by atoms with van der Waals surface area (Å²) in [7, 11) is 0. The highest BCUT2D eigenvalue weighted by molar-refractivity contribution is 5.85. The Bertz CT molecular complexity index is 759. The van der Waals surface area contributed by atoms with Crippen molar-refractivity contribution in [2.75, 3.05) is 6.73 Å². The van der Waals surface area contributed by atoms with E-state index in [1.807, 2.05) is 12.1 Å². The van der Waals surface area contributed by atoms with E-state index in [0.29, 0.717) is 18.4 Å². The van der Waals surface area contributed by atoms with Crippen molar-refractivity contribution in [2.45, 2.75) is 51.6 Å². The Morgan fingerprint density at radius 3 is 2.86 bits per heavy atom. The molecule has 1 saturated carbocycles. The van der Waals surface area contributed by atoms with Gasteiger partial charge in [-0.15, -0.1) is 0 Å². The van der Waals surface area contributed by atoms with Crippen LogP contribution in [0.5, 0.6) is 5.75 Å². The van der Waals surface area contributed by atoms with Gasteiger partial charge in [0.05, 0.1) is 5.56 Å². The summed E-state index contributed by atoms with van der Waals surface area (Å²) in [4.78, 5) is 14.2. The average Bonchev–Trinajstić information content (AvgIpc) is 3.08. The summed E-state index contributed by atoms with van der Waals surface area (Å²) in [6.45, 7) is 3.52. The van der Waals surface area contributed by atoms with Crippen LogP contribution in [0.2, 0.25) is 0 Å². The van der Waals surface area contributed by atoms with Crippen LogP contribution < -0.4 is 10.4 Å². The number of hydrogen-bond acceptors (Lipinski definition) is 4.